The summed E-state index contributed by atoms with van der Waals surface area (Å²) in [6.45, 7) is 4.44. The summed E-state index contributed by atoms with van der Waals surface area (Å²) in [5, 5.41) is 0. The molecule has 30 heavy (non-hydrogen) atoms. The Labute approximate surface area is 178 Å². The summed E-state index contributed by atoms with van der Waals surface area (Å²) >= 11 is 0. The van der Waals surface area contributed by atoms with Gasteiger partial charge in [0.05, 0.1) is 6.61 Å². The molecule has 1 nitrogen and oxygen atoms in total. The van der Waals surface area contributed by atoms with Crippen LogP contribution in [0.4, 0.5) is 13.2 Å². The smallest absolute Gasteiger partial charge is 0.200 e. The molecule has 1 aliphatic rings. The molecule has 164 valence electrons. The lowest BCUT2D eigenvalue weighted by atomic mass is 9.78. The Morgan fingerprint density at radius 1 is 0.867 bits per heavy atom. The van der Waals surface area contributed by atoms with Crippen LogP contribution in [0.2, 0.25) is 0 Å². The van der Waals surface area contributed by atoms with Crippen molar-refractivity contribution in [2.45, 2.75) is 77.6 Å². The number of benzene rings is 2. The topological polar surface area (TPSA) is 9.23 Å². The van der Waals surface area contributed by atoms with Crippen molar-refractivity contribution >= 4 is 0 Å². The Kier molecular flexibility index (Phi) is 8.24. The van der Waals surface area contributed by atoms with Crippen molar-refractivity contribution in [3.63, 3.8) is 0 Å². The summed E-state index contributed by atoms with van der Waals surface area (Å²) < 4.78 is 48.5. The molecule has 4 heteroatoms. The van der Waals surface area contributed by atoms with E-state index in [0.29, 0.717) is 18.6 Å². The lowest BCUT2D eigenvalue weighted by Crippen LogP contribution is -2.20. The van der Waals surface area contributed by atoms with Crippen LogP contribution in [0.25, 0.3) is 0 Å². The predicted octanol–water partition coefficient (Wildman–Crippen LogP) is 7.75. The second-order valence-corrected chi connectivity index (χ2v) is 8.59. The van der Waals surface area contributed by atoms with Crippen molar-refractivity contribution in [2.75, 3.05) is 6.61 Å². The highest BCUT2D eigenvalue weighted by atomic mass is 19.2. The largest absolute Gasteiger partial charge is 0.490 e. The molecule has 0 unspecified atom stereocenters. The van der Waals surface area contributed by atoms with E-state index in [2.05, 4.69) is 13.0 Å². The van der Waals surface area contributed by atoms with E-state index in [-0.39, 0.29) is 23.4 Å². The van der Waals surface area contributed by atoms with E-state index in [1.54, 1.807) is 12.1 Å². The normalized spacial score (nSPS) is 19.1. The van der Waals surface area contributed by atoms with E-state index < -0.39 is 11.6 Å². The summed E-state index contributed by atoms with van der Waals surface area (Å²) in [6.07, 6.45) is 7.99. The molecule has 0 aromatic heterocycles. The lowest BCUT2D eigenvalue weighted by molar-refractivity contribution is 0.192. The fourth-order valence-electron chi connectivity index (χ4n) is 4.43. The summed E-state index contributed by atoms with van der Waals surface area (Å²) in [5.74, 6) is -1.28. The number of aryl methyl sites for hydroxylation is 2. The number of hydrogen-bond donors (Lipinski definition) is 0. The second-order valence-electron chi connectivity index (χ2n) is 8.59. The van der Waals surface area contributed by atoms with Gasteiger partial charge in [-0.2, -0.15) is 4.39 Å². The van der Waals surface area contributed by atoms with Crippen LogP contribution in [0.1, 0.15) is 81.4 Å². The van der Waals surface area contributed by atoms with Gasteiger partial charge in [-0.15, -0.1) is 0 Å². The molecule has 0 bridgehead atoms. The average Bonchev–Trinajstić information content (AvgIpc) is 2.76. The summed E-state index contributed by atoms with van der Waals surface area (Å²) in [5.41, 5.74) is 2.28. The third-order valence-corrected chi connectivity index (χ3v) is 6.29. The number of unbranched alkanes of at least 4 members (excludes halogenated alkanes) is 1. The van der Waals surface area contributed by atoms with Crippen molar-refractivity contribution in [3.8, 4) is 5.75 Å². The molecule has 0 radical (unpaired) electrons. The lowest BCUT2D eigenvalue weighted by Gasteiger charge is -2.29. The fraction of sp³-hybridized carbons (Fsp3) is 0.538. The number of rotatable bonds is 9. The van der Waals surface area contributed by atoms with E-state index in [1.165, 1.54) is 6.07 Å². The molecule has 0 amide bonds. The van der Waals surface area contributed by atoms with Crippen LogP contribution in [0, 0.1) is 23.4 Å². The van der Waals surface area contributed by atoms with Crippen LogP contribution in [-0.2, 0) is 12.8 Å². The van der Waals surface area contributed by atoms with Gasteiger partial charge in [-0.05, 0) is 85.6 Å². The molecule has 1 fully saturated rings. The molecular formula is C26H33F3O. The highest BCUT2D eigenvalue weighted by Crippen LogP contribution is 2.37. The van der Waals surface area contributed by atoms with Crippen LogP contribution in [0.3, 0.4) is 0 Å². The number of halogens is 3. The van der Waals surface area contributed by atoms with Gasteiger partial charge in [0, 0.05) is 0 Å². The molecule has 0 heterocycles. The van der Waals surface area contributed by atoms with E-state index in [0.717, 1.165) is 62.5 Å². The molecule has 2 aromatic rings. The van der Waals surface area contributed by atoms with E-state index >= 15 is 0 Å². The zero-order chi connectivity index (χ0) is 21.5. The summed E-state index contributed by atoms with van der Waals surface area (Å²) in [7, 11) is 0. The first-order valence-corrected chi connectivity index (χ1v) is 11.4. The van der Waals surface area contributed by atoms with Crippen molar-refractivity contribution in [2.24, 2.45) is 5.92 Å². The molecule has 0 saturated heterocycles. The van der Waals surface area contributed by atoms with E-state index in [9.17, 15) is 13.2 Å². The molecular weight excluding hydrogens is 385 g/mol. The number of ether oxygens (including phenoxy) is 1. The first-order chi connectivity index (χ1) is 14.5. The fourth-order valence-corrected chi connectivity index (χ4v) is 4.43. The van der Waals surface area contributed by atoms with Gasteiger partial charge in [0.2, 0.25) is 5.82 Å². The van der Waals surface area contributed by atoms with Crippen LogP contribution in [0.15, 0.2) is 30.3 Å². The third kappa shape index (κ3) is 5.59. The minimum atomic E-state index is -0.889. The Morgan fingerprint density at radius 3 is 2.30 bits per heavy atom. The Morgan fingerprint density at radius 2 is 1.63 bits per heavy atom. The SMILES string of the molecule is CCCCc1ccc(C2CCC(COc3ccc(CCC)c(F)c3F)CC2)c(F)c1. The van der Waals surface area contributed by atoms with Gasteiger partial charge in [0.15, 0.2) is 11.6 Å². The van der Waals surface area contributed by atoms with Gasteiger partial charge in [-0.1, -0.05) is 44.9 Å². The first kappa shape index (κ1) is 22.7. The van der Waals surface area contributed by atoms with E-state index in [1.807, 2.05) is 13.0 Å². The van der Waals surface area contributed by atoms with Gasteiger partial charge in [-0.25, -0.2) is 8.78 Å². The monoisotopic (exact) mass is 418 g/mol. The molecule has 2 aromatic carbocycles. The molecule has 3 rings (SSSR count). The minimum Gasteiger partial charge on any atom is -0.490 e. The Bertz CT molecular complexity index is 825. The Hall–Kier alpha value is -1.97. The maximum Gasteiger partial charge on any atom is 0.200 e. The van der Waals surface area contributed by atoms with Crippen molar-refractivity contribution < 1.29 is 17.9 Å². The molecule has 1 aliphatic carbocycles. The third-order valence-electron chi connectivity index (χ3n) is 6.29. The van der Waals surface area contributed by atoms with Crippen molar-refractivity contribution in [1.82, 2.24) is 0 Å². The van der Waals surface area contributed by atoms with Gasteiger partial charge in [0.1, 0.15) is 5.82 Å². The van der Waals surface area contributed by atoms with Crippen LogP contribution < -0.4 is 4.74 Å². The van der Waals surface area contributed by atoms with Crippen molar-refractivity contribution in [1.29, 1.82) is 0 Å². The molecule has 0 N–H and O–H groups in total. The maximum absolute atomic E-state index is 14.6. The first-order valence-electron chi connectivity index (χ1n) is 11.4. The average molecular weight is 419 g/mol. The Balaban J connectivity index is 1.52. The van der Waals surface area contributed by atoms with Crippen molar-refractivity contribution in [3.05, 3.63) is 64.5 Å². The van der Waals surface area contributed by atoms with Crippen LogP contribution in [0.5, 0.6) is 5.75 Å². The minimum absolute atomic E-state index is 0.0109. The van der Waals surface area contributed by atoms with Gasteiger partial charge >= 0.3 is 0 Å². The standard InChI is InChI=1S/C26H33F3O/c1-3-5-7-18-10-14-22(23(27)16-18)20-11-8-19(9-12-20)17-30-24-15-13-21(6-4-2)25(28)26(24)29/h10,13-16,19-20H,3-9,11-12,17H2,1-2H3. The quantitative estimate of drug-likeness (QED) is 0.404. The van der Waals surface area contributed by atoms with E-state index in [4.69, 9.17) is 4.74 Å². The number of hydrogen-bond acceptors (Lipinski definition) is 1. The van der Waals surface area contributed by atoms with Crippen LogP contribution >= 0.6 is 0 Å². The highest BCUT2D eigenvalue weighted by Gasteiger charge is 2.25. The zero-order valence-electron chi connectivity index (χ0n) is 18.2. The predicted molar refractivity (Wildman–Crippen MR) is 116 cm³/mol. The van der Waals surface area contributed by atoms with Gasteiger partial charge in [-0.3, -0.25) is 0 Å². The second kappa shape index (κ2) is 10.9. The summed E-state index contributed by atoms with van der Waals surface area (Å²) in [6, 6.07) is 8.85. The highest BCUT2D eigenvalue weighted by molar-refractivity contribution is 5.31. The zero-order valence-corrected chi connectivity index (χ0v) is 18.2. The molecule has 0 atom stereocenters. The van der Waals surface area contributed by atoms with Gasteiger partial charge in [0.25, 0.3) is 0 Å². The molecule has 1 saturated carbocycles. The van der Waals surface area contributed by atoms with Crippen LogP contribution in [-0.4, -0.2) is 6.61 Å². The molecule has 0 aliphatic heterocycles. The molecule has 0 spiro atoms. The van der Waals surface area contributed by atoms with Gasteiger partial charge < -0.3 is 4.74 Å². The maximum atomic E-state index is 14.6. The summed E-state index contributed by atoms with van der Waals surface area (Å²) in [4.78, 5) is 0.